The summed E-state index contributed by atoms with van der Waals surface area (Å²) >= 11 is 2.71. The minimum absolute atomic E-state index is 0.472. The Morgan fingerprint density at radius 3 is 2.05 bits per heavy atom. The van der Waals surface area contributed by atoms with Crippen LogP contribution in [0.25, 0.3) is 0 Å². The molecular weight excluding hydrogens is 417 g/mol. The van der Waals surface area contributed by atoms with Crippen LogP contribution in [-0.2, 0) is 9.59 Å². The van der Waals surface area contributed by atoms with Gasteiger partial charge in [0.15, 0.2) is 0 Å². The molecule has 0 fully saturated rings. The number of amides is 1. The van der Waals surface area contributed by atoms with Crippen molar-refractivity contribution in [3.8, 4) is 0 Å². The molecule has 0 heterocycles. The molecule has 103 valence electrons. The fourth-order valence-corrected chi connectivity index (χ4v) is 1.13. The fourth-order valence-electron chi connectivity index (χ4n) is 0.864. The second kappa shape index (κ2) is 10.0. The summed E-state index contributed by atoms with van der Waals surface area (Å²) in [5.41, 5.74) is 0.609. The molecule has 6 heteroatoms. The first-order chi connectivity index (χ1) is 8.81. The molecule has 0 aliphatic heterocycles. The van der Waals surface area contributed by atoms with Gasteiger partial charge in [0.2, 0.25) is 5.91 Å². The van der Waals surface area contributed by atoms with Gasteiger partial charge >= 0.3 is 40.5 Å². The molecule has 1 radical (unpaired) electrons. The molecule has 0 aliphatic carbocycles. The number of rotatable bonds is 3. The zero-order chi connectivity index (χ0) is 14.8. The molecule has 19 heavy (non-hydrogen) atoms. The van der Waals surface area contributed by atoms with E-state index >= 15 is 0 Å². The first-order valence-corrected chi connectivity index (χ1v) is 14.9. The quantitative estimate of drug-likeness (QED) is 0.567. The van der Waals surface area contributed by atoms with Crippen LogP contribution in [0.5, 0.6) is 0 Å². The number of aliphatic carboxylic acids is 1. The fraction of sp³-hybridized carbons (Fsp3) is 0.231. The van der Waals surface area contributed by atoms with Crippen LogP contribution in [0.4, 0.5) is 5.69 Å². The molecule has 1 amide bonds. The van der Waals surface area contributed by atoms with Gasteiger partial charge in [-0.2, -0.15) is 0 Å². The van der Waals surface area contributed by atoms with Gasteiger partial charge in [0.1, 0.15) is 0 Å². The minimum atomic E-state index is -1.15. The van der Waals surface area contributed by atoms with Gasteiger partial charge in [-0.1, -0.05) is 15.9 Å². The number of benzene rings is 1. The Balaban J connectivity index is 0.000000711. The van der Waals surface area contributed by atoms with Gasteiger partial charge < -0.3 is 10.4 Å². The average Bonchev–Trinajstić information content (AvgIpc) is 2.29. The molecule has 0 aliphatic rings. The first kappa shape index (κ1) is 18.2. The molecule has 0 bridgehead atoms. The normalized spacial score (nSPS) is 9.95. The molecule has 1 aromatic rings. The standard InChI is InChI=1S/C10H8BrNO3.3CH3.Sn/c11-7-1-3-8(4-2-7)12-9(13)5-6-10(14)15;;;;/h1-6H,(H,12,13)(H,14,15);3*1H3;/b6-5+;;;;. The second-order valence-electron chi connectivity index (χ2n) is 4.17. The molecule has 0 unspecified atom stereocenters. The predicted molar refractivity (Wildman–Crippen MR) is 82.9 cm³/mol. The predicted octanol–water partition coefficient (Wildman–Crippen LogP) is 3.40. The Bertz CT molecular complexity index is 441. The van der Waals surface area contributed by atoms with Crippen molar-refractivity contribution in [3.63, 3.8) is 0 Å². The van der Waals surface area contributed by atoms with Crippen molar-refractivity contribution in [1.29, 1.82) is 0 Å². The van der Waals surface area contributed by atoms with Gasteiger partial charge in [-0.05, 0) is 24.3 Å². The number of anilines is 1. The van der Waals surface area contributed by atoms with E-state index in [2.05, 4.69) is 36.1 Å². The topological polar surface area (TPSA) is 66.4 Å². The summed E-state index contributed by atoms with van der Waals surface area (Å²) in [5, 5.41) is 10.8. The van der Waals surface area contributed by atoms with Crippen LogP contribution in [0.1, 0.15) is 0 Å². The van der Waals surface area contributed by atoms with E-state index in [0.29, 0.717) is 5.69 Å². The third-order valence-electron chi connectivity index (χ3n) is 1.49. The molecule has 1 aromatic carbocycles. The molecule has 0 spiro atoms. The van der Waals surface area contributed by atoms with Gasteiger partial charge in [0.05, 0.1) is 0 Å². The van der Waals surface area contributed by atoms with Crippen LogP contribution in [0, 0.1) is 0 Å². The van der Waals surface area contributed by atoms with Crippen LogP contribution >= 0.6 is 15.9 Å². The monoisotopic (exact) mass is 434 g/mol. The van der Waals surface area contributed by atoms with E-state index < -0.39 is 31.6 Å². The van der Waals surface area contributed by atoms with Crippen molar-refractivity contribution in [2.45, 2.75) is 14.8 Å². The first-order valence-electron chi connectivity index (χ1n) is 5.55. The molecule has 0 atom stereocenters. The van der Waals surface area contributed by atoms with Crippen LogP contribution in [-0.4, -0.2) is 36.7 Å². The van der Waals surface area contributed by atoms with Crippen molar-refractivity contribution in [3.05, 3.63) is 40.9 Å². The number of nitrogens with one attached hydrogen (secondary N) is 1. The van der Waals surface area contributed by atoms with Crippen LogP contribution < -0.4 is 5.32 Å². The second-order valence-corrected chi connectivity index (χ2v) is 13.6. The maximum absolute atomic E-state index is 11.1. The SMILES string of the molecule is O=C(O)/C=C/C(=O)Nc1ccc(Br)cc1.[CH3][Sn]([CH3])[CH3]. The van der Waals surface area contributed by atoms with Crippen LogP contribution in [0.15, 0.2) is 40.9 Å². The number of carbonyl (C=O) groups is 2. The van der Waals surface area contributed by atoms with Gasteiger partial charge in [-0.3, -0.25) is 4.79 Å². The molecule has 0 saturated heterocycles. The van der Waals surface area contributed by atoms with Crippen molar-refractivity contribution >= 4 is 53.3 Å². The number of hydrogen-bond donors (Lipinski definition) is 2. The number of halogens is 1. The molecule has 0 aromatic heterocycles. The van der Waals surface area contributed by atoms with Crippen molar-refractivity contribution in [2.75, 3.05) is 5.32 Å². The summed E-state index contributed by atoms with van der Waals surface area (Å²) in [7, 11) is 0. The van der Waals surface area contributed by atoms with E-state index in [1.807, 2.05) is 0 Å². The molecular formula is C13H17BrNO3Sn. The Hall–Kier alpha value is -0.821. The number of carboxylic acid groups (broad SMARTS) is 1. The summed E-state index contributed by atoms with van der Waals surface area (Å²) in [5.74, 6) is -1.62. The summed E-state index contributed by atoms with van der Waals surface area (Å²) in [4.78, 5) is 28.3. The third-order valence-corrected chi connectivity index (χ3v) is 2.02. The summed E-state index contributed by atoms with van der Waals surface area (Å²) in [6.07, 6.45) is 1.75. The Morgan fingerprint density at radius 1 is 1.16 bits per heavy atom. The third kappa shape index (κ3) is 12.0. The molecule has 1 rings (SSSR count). The Morgan fingerprint density at radius 2 is 1.63 bits per heavy atom. The van der Waals surface area contributed by atoms with Crippen molar-refractivity contribution < 1.29 is 14.7 Å². The van der Waals surface area contributed by atoms with Gasteiger partial charge in [0.25, 0.3) is 0 Å². The number of carbonyl (C=O) groups excluding carboxylic acids is 1. The molecule has 0 saturated carbocycles. The number of carboxylic acids is 1. The maximum atomic E-state index is 11.1. The van der Waals surface area contributed by atoms with Gasteiger partial charge in [-0.25, -0.2) is 4.79 Å². The van der Waals surface area contributed by atoms with E-state index in [4.69, 9.17) is 5.11 Å². The van der Waals surface area contributed by atoms with E-state index in [1.165, 1.54) is 0 Å². The van der Waals surface area contributed by atoms with Crippen LogP contribution in [0.3, 0.4) is 0 Å². The van der Waals surface area contributed by atoms with E-state index in [9.17, 15) is 9.59 Å². The van der Waals surface area contributed by atoms with Crippen molar-refractivity contribution in [2.24, 2.45) is 0 Å². The Labute approximate surface area is 128 Å². The average molecular weight is 434 g/mol. The van der Waals surface area contributed by atoms with Gasteiger partial charge in [0, 0.05) is 22.3 Å². The van der Waals surface area contributed by atoms with E-state index in [-0.39, 0.29) is 0 Å². The summed E-state index contributed by atoms with van der Waals surface area (Å²) in [6, 6.07) is 6.96. The van der Waals surface area contributed by atoms with E-state index in [1.54, 1.807) is 24.3 Å². The van der Waals surface area contributed by atoms with Crippen molar-refractivity contribution in [1.82, 2.24) is 0 Å². The zero-order valence-corrected chi connectivity index (χ0v) is 15.5. The molecule has 2 N–H and O–H groups in total. The number of hydrogen-bond acceptors (Lipinski definition) is 2. The summed E-state index contributed by atoms with van der Waals surface area (Å²) < 4.78 is 0.904. The van der Waals surface area contributed by atoms with Gasteiger partial charge in [-0.15, -0.1) is 0 Å². The summed E-state index contributed by atoms with van der Waals surface area (Å²) in [6.45, 7) is 0. The molecule has 4 nitrogen and oxygen atoms in total. The van der Waals surface area contributed by atoms with Crippen LogP contribution in [0.2, 0.25) is 14.8 Å². The Kier molecular flexibility index (Phi) is 9.59. The zero-order valence-electron chi connectivity index (χ0n) is 11.1. The van der Waals surface area contributed by atoms with E-state index in [0.717, 1.165) is 16.6 Å².